The lowest BCUT2D eigenvalue weighted by atomic mass is 10.0. The second-order valence-corrected chi connectivity index (χ2v) is 5.12. The molecule has 0 aromatic heterocycles. The molecule has 0 saturated heterocycles. The first-order chi connectivity index (χ1) is 8.24. The van der Waals surface area contributed by atoms with E-state index in [0.717, 1.165) is 0 Å². The fourth-order valence-corrected chi connectivity index (χ4v) is 2.88. The fourth-order valence-electron chi connectivity index (χ4n) is 2.88. The lowest BCUT2D eigenvalue weighted by Crippen LogP contribution is -2.25. The molecular formula is C15H24N2. The summed E-state index contributed by atoms with van der Waals surface area (Å²) in [5.41, 5.74) is 2.92. The van der Waals surface area contributed by atoms with Gasteiger partial charge >= 0.3 is 0 Å². The molecule has 0 N–H and O–H groups in total. The normalized spacial score (nSPS) is 20.2. The molecule has 0 fully saturated rings. The molecule has 1 aliphatic rings. The molecule has 1 heterocycles. The summed E-state index contributed by atoms with van der Waals surface area (Å²) in [7, 11) is 4.47. The second kappa shape index (κ2) is 5.54. The molecule has 0 aliphatic carbocycles. The molecule has 0 bridgehead atoms. The van der Waals surface area contributed by atoms with Crippen LogP contribution >= 0.6 is 0 Å². The first kappa shape index (κ1) is 12.4. The number of rotatable bonds is 3. The molecule has 2 heteroatoms. The van der Waals surface area contributed by atoms with E-state index < -0.39 is 0 Å². The highest BCUT2D eigenvalue weighted by atomic mass is 15.2. The van der Waals surface area contributed by atoms with Crippen molar-refractivity contribution < 1.29 is 0 Å². The van der Waals surface area contributed by atoms with Crippen molar-refractivity contribution in [3.05, 3.63) is 29.8 Å². The van der Waals surface area contributed by atoms with Crippen LogP contribution in [0.3, 0.4) is 0 Å². The fraction of sp³-hybridized carbons (Fsp3) is 0.600. The molecule has 0 spiro atoms. The van der Waals surface area contributed by atoms with Gasteiger partial charge in [0.15, 0.2) is 0 Å². The van der Waals surface area contributed by atoms with Crippen molar-refractivity contribution in [3.8, 4) is 0 Å². The van der Waals surface area contributed by atoms with Crippen LogP contribution in [-0.2, 0) is 0 Å². The Kier molecular flexibility index (Phi) is 4.06. The van der Waals surface area contributed by atoms with E-state index in [0.29, 0.717) is 6.04 Å². The van der Waals surface area contributed by atoms with E-state index >= 15 is 0 Å². The number of hydrogen-bond donors (Lipinski definition) is 0. The molecule has 0 radical (unpaired) electrons. The van der Waals surface area contributed by atoms with E-state index in [2.05, 4.69) is 55.1 Å². The Morgan fingerprint density at radius 1 is 1.35 bits per heavy atom. The van der Waals surface area contributed by atoms with Gasteiger partial charge in [-0.1, -0.05) is 25.1 Å². The minimum absolute atomic E-state index is 0.594. The van der Waals surface area contributed by atoms with Crippen molar-refractivity contribution >= 4 is 5.69 Å². The summed E-state index contributed by atoms with van der Waals surface area (Å²) >= 11 is 0. The van der Waals surface area contributed by atoms with Crippen LogP contribution in [0.2, 0.25) is 0 Å². The molecule has 0 saturated carbocycles. The van der Waals surface area contributed by atoms with Crippen LogP contribution in [0, 0.1) is 0 Å². The third-order valence-corrected chi connectivity index (χ3v) is 3.79. The van der Waals surface area contributed by atoms with Crippen molar-refractivity contribution in [2.45, 2.75) is 32.2 Å². The zero-order valence-corrected chi connectivity index (χ0v) is 11.3. The van der Waals surface area contributed by atoms with Crippen LogP contribution in [0.15, 0.2) is 24.3 Å². The Morgan fingerprint density at radius 2 is 2.12 bits per heavy atom. The number of benzene rings is 1. The number of hydrogen-bond acceptors (Lipinski definition) is 2. The van der Waals surface area contributed by atoms with E-state index in [-0.39, 0.29) is 0 Å². The van der Waals surface area contributed by atoms with Gasteiger partial charge in [0.2, 0.25) is 0 Å². The monoisotopic (exact) mass is 232 g/mol. The van der Waals surface area contributed by atoms with Crippen molar-refractivity contribution in [2.24, 2.45) is 0 Å². The van der Waals surface area contributed by atoms with Crippen molar-refractivity contribution in [1.82, 2.24) is 4.90 Å². The topological polar surface area (TPSA) is 6.48 Å². The Balaban J connectivity index is 2.31. The largest absolute Gasteiger partial charge is 0.374 e. The predicted octanol–water partition coefficient (Wildman–Crippen LogP) is 3.30. The van der Waals surface area contributed by atoms with Crippen molar-refractivity contribution in [1.29, 1.82) is 0 Å². The maximum Gasteiger partial charge on any atom is 0.0412 e. The first-order valence-corrected chi connectivity index (χ1v) is 6.74. The lowest BCUT2D eigenvalue weighted by molar-refractivity contribution is 0.234. The molecule has 2 nitrogen and oxygen atoms in total. The van der Waals surface area contributed by atoms with Gasteiger partial charge in [0.1, 0.15) is 0 Å². The smallest absolute Gasteiger partial charge is 0.0412 e. The van der Waals surface area contributed by atoms with Crippen LogP contribution in [0.25, 0.3) is 0 Å². The molecule has 1 aliphatic heterocycles. The van der Waals surface area contributed by atoms with Crippen LogP contribution in [0.4, 0.5) is 5.69 Å². The highest BCUT2D eigenvalue weighted by Crippen LogP contribution is 2.35. The van der Waals surface area contributed by atoms with E-state index in [1.807, 2.05) is 0 Å². The van der Waals surface area contributed by atoms with Gasteiger partial charge in [0, 0.05) is 25.3 Å². The molecule has 1 atom stereocenters. The van der Waals surface area contributed by atoms with Gasteiger partial charge in [-0.3, -0.25) is 4.90 Å². The Labute approximate surface area is 105 Å². The first-order valence-electron chi connectivity index (χ1n) is 6.74. The van der Waals surface area contributed by atoms with Crippen molar-refractivity contribution in [3.63, 3.8) is 0 Å². The van der Waals surface area contributed by atoms with Crippen LogP contribution in [0.5, 0.6) is 0 Å². The summed E-state index contributed by atoms with van der Waals surface area (Å²) in [6.45, 7) is 4.61. The predicted molar refractivity (Wildman–Crippen MR) is 74.6 cm³/mol. The van der Waals surface area contributed by atoms with Gasteiger partial charge in [0.25, 0.3) is 0 Å². The van der Waals surface area contributed by atoms with E-state index in [1.165, 1.54) is 43.6 Å². The minimum Gasteiger partial charge on any atom is -0.374 e. The van der Waals surface area contributed by atoms with Gasteiger partial charge < -0.3 is 4.90 Å². The maximum absolute atomic E-state index is 2.51. The molecular weight excluding hydrogens is 208 g/mol. The number of anilines is 1. The zero-order chi connectivity index (χ0) is 12.3. The van der Waals surface area contributed by atoms with Crippen LogP contribution in [-0.4, -0.2) is 32.1 Å². The Hall–Kier alpha value is -1.02. The quantitative estimate of drug-likeness (QED) is 0.789. The number of nitrogens with zero attached hydrogens (tertiary/aromatic N) is 2. The summed E-state index contributed by atoms with van der Waals surface area (Å²) in [5, 5.41) is 0. The summed E-state index contributed by atoms with van der Waals surface area (Å²) < 4.78 is 0. The highest BCUT2D eigenvalue weighted by molar-refractivity contribution is 5.55. The van der Waals surface area contributed by atoms with Gasteiger partial charge in [-0.05, 0) is 44.5 Å². The molecule has 17 heavy (non-hydrogen) atoms. The lowest BCUT2D eigenvalue weighted by Gasteiger charge is -2.28. The standard InChI is InChI=1S/C15H24N2/c1-4-11-16(2)15-10-7-12-17(3)14-9-6-5-8-13(14)15/h5-6,8-9,15H,4,7,10-12H2,1-3H3. The minimum atomic E-state index is 0.594. The molecule has 0 amide bonds. The van der Waals surface area contributed by atoms with Crippen LogP contribution in [0.1, 0.15) is 37.8 Å². The highest BCUT2D eigenvalue weighted by Gasteiger charge is 2.23. The van der Waals surface area contributed by atoms with Gasteiger partial charge in [-0.15, -0.1) is 0 Å². The van der Waals surface area contributed by atoms with Crippen molar-refractivity contribution in [2.75, 3.05) is 32.1 Å². The summed E-state index contributed by atoms with van der Waals surface area (Å²) in [6, 6.07) is 9.47. The van der Waals surface area contributed by atoms with E-state index in [4.69, 9.17) is 0 Å². The molecule has 1 aromatic carbocycles. The van der Waals surface area contributed by atoms with E-state index in [9.17, 15) is 0 Å². The third kappa shape index (κ3) is 2.63. The molecule has 2 rings (SSSR count). The Morgan fingerprint density at radius 3 is 2.88 bits per heavy atom. The molecule has 94 valence electrons. The van der Waals surface area contributed by atoms with E-state index in [1.54, 1.807) is 0 Å². The SMILES string of the molecule is CCCN(C)C1CCCN(C)c2ccccc21. The zero-order valence-electron chi connectivity index (χ0n) is 11.3. The summed E-state index contributed by atoms with van der Waals surface area (Å²) in [4.78, 5) is 4.91. The van der Waals surface area contributed by atoms with Crippen LogP contribution < -0.4 is 4.90 Å². The Bertz CT molecular complexity index is 362. The van der Waals surface area contributed by atoms with Gasteiger partial charge in [0.05, 0.1) is 0 Å². The molecule has 1 aromatic rings. The third-order valence-electron chi connectivity index (χ3n) is 3.79. The van der Waals surface area contributed by atoms with Gasteiger partial charge in [-0.25, -0.2) is 0 Å². The average molecular weight is 232 g/mol. The second-order valence-electron chi connectivity index (χ2n) is 5.12. The summed E-state index contributed by atoms with van der Waals surface area (Å²) in [5.74, 6) is 0. The van der Waals surface area contributed by atoms with Gasteiger partial charge in [-0.2, -0.15) is 0 Å². The summed E-state index contributed by atoms with van der Waals surface area (Å²) in [6.07, 6.45) is 3.78. The molecule has 1 unspecified atom stereocenters. The average Bonchev–Trinajstić information content (AvgIpc) is 2.50. The number of fused-ring (bicyclic) bond motifs is 1. The maximum atomic E-state index is 2.51. The number of para-hydroxylation sites is 1.